The summed E-state index contributed by atoms with van der Waals surface area (Å²) in [6.45, 7) is 3.24. The fraction of sp³-hybridized carbons (Fsp3) is 0.385. The van der Waals surface area contributed by atoms with Crippen LogP contribution in [0.4, 0.5) is 4.79 Å². The Bertz CT molecular complexity index is 1010. The average Bonchev–Trinajstić information content (AvgIpc) is 2.88. The molecule has 9 heteroatoms. The van der Waals surface area contributed by atoms with Crippen molar-refractivity contribution in [3.63, 3.8) is 0 Å². The average molecular weight is 484 g/mol. The van der Waals surface area contributed by atoms with E-state index in [1.807, 2.05) is 0 Å². The molecule has 1 aromatic carbocycles. The largest absolute Gasteiger partial charge is 0.497 e. The molecule has 0 radical (unpaired) electrons. The number of ketones is 1. The molecule has 1 aromatic heterocycles. The maximum atomic E-state index is 12.6. The van der Waals surface area contributed by atoms with Gasteiger partial charge in [-0.1, -0.05) is 25.3 Å². The smallest absolute Gasteiger partial charge is 0.412 e. The lowest BCUT2D eigenvalue weighted by atomic mass is 9.90. The molecule has 1 atom stereocenters. The van der Waals surface area contributed by atoms with Gasteiger partial charge < -0.3 is 20.3 Å². The first-order valence-corrected chi connectivity index (χ1v) is 11.5. The number of carboxylic acids is 1. The van der Waals surface area contributed by atoms with Crippen LogP contribution in [0.5, 0.6) is 5.75 Å². The standard InChI is InChI=1S/C19H21N3O4.C7H12O2/c1-12(20)17(18(23)14-6-8-16(25-3)9-7-14)22-19(24)26-13(2)15-5-4-10-21-11-15;8-7(9)6-4-2-1-3-5-6/h4-11,13H,20H2,1-3H3,(H,22,24);6H,1-5H2,(H,8,9)/b17-12+;. The molecule has 2 aromatic rings. The number of carbonyl (C=O) groups is 3. The van der Waals surface area contributed by atoms with Gasteiger partial charge in [-0.3, -0.25) is 19.9 Å². The van der Waals surface area contributed by atoms with Crippen LogP contribution in [0.3, 0.4) is 0 Å². The predicted molar refractivity (Wildman–Crippen MR) is 131 cm³/mol. The maximum Gasteiger partial charge on any atom is 0.412 e. The van der Waals surface area contributed by atoms with Crippen LogP contribution in [0, 0.1) is 5.92 Å². The van der Waals surface area contributed by atoms with Crippen LogP contribution in [0.2, 0.25) is 0 Å². The molecule has 3 rings (SSSR count). The lowest BCUT2D eigenvalue weighted by Gasteiger charge is -2.16. The number of hydrogen-bond donors (Lipinski definition) is 3. The number of pyridine rings is 1. The number of amides is 1. The van der Waals surface area contributed by atoms with Crippen LogP contribution >= 0.6 is 0 Å². The second kappa shape index (κ2) is 13.7. The predicted octanol–water partition coefficient (Wildman–Crippen LogP) is 4.60. The minimum atomic E-state index is -0.775. The lowest BCUT2D eigenvalue weighted by molar-refractivity contribution is -0.142. The number of nitrogens with two attached hydrogens (primary N) is 1. The number of nitrogens with zero attached hydrogens (tertiary/aromatic N) is 1. The fourth-order valence-corrected chi connectivity index (χ4v) is 3.55. The molecule has 1 fully saturated rings. The van der Waals surface area contributed by atoms with Crippen molar-refractivity contribution < 1.29 is 29.0 Å². The number of ether oxygens (including phenoxy) is 2. The minimum absolute atomic E-state index is 0.0289. The first-order valence-electron chi connectivity index (χ1n) is 11.5. The van der Waals surface area contributed by atoms with Gasteiger partial charge in [0.2, 0.25) is 5.78 Å². The van der Waals surface area contributed by atoms with E-state index < -0.39 is 23.9 Å². The Morgan fingerprint density at radius 2 is 1.77 bits per heavy atom. The number of allylic oxidation sites excluding steroid dienone is 2. The summed E-state index contributed by atoms with van der Waals surface area (Å²) >= 11 is 0. The number of rotatable bonds is 7. The van der Waals surface area contributed by atoms with Crippen molar-refractivity contribution in [3.05, 3.63) is 71.3 Å². The highest BCUT2D eigenvalue weighted by atomic mass is 16.6. The third kappa shape index (κ3) is 8.77. The highest BCUT2D eigenvalue weighted by molar-refractivity contribution is 6.10. The van der Waals surface area contributed by atoms with E-state index in [2.05, 4.69) is 10.3 Å². The van der Waals surface area contributed by atoms with E-state index in [1.54, 1.807) is 55.7 Å². The van der Waals surface area contributed by atoms with Gasteiger partial charge >= 0.3 is 12.1 Å². The Kier molecular flexibility index (Phi) is 10.7. The van der Waals surface area contributed by atoms with E-state index in [0.717, 1.165) is 31.2 Å². The van der Waals surface area contributed by atoms with Gasteiger partial charge in [0.1, 0.15) is 17.6 Å². The van der Waals surface area contributed by atoms with E-state index in [-0.39, 0.29) is 17.3 Å². The molecule has 4 N–H and O–H groups in total. The van der Waals surface area contributed by atoms with Crippen LogP contribution < -0.4 is 15.8 Å². The SMILES string of the molecule is COc1ccc(C(=O)/C(NC(=O)OC(C)c2cccnc2)=C(/C)N)cc1.O=C(O)C1CCCCC1. The van der Waals surface area contributed by atoms with E-state index in [1.165, 1.54) is 20.5 Å². The number of carbonyl (C=O) groups excluding carboxylic acids is 2. The van der Waals surface area contributed by atoms with Crippen LogP contribution in [-0.4, -0.2) is 35.0 Å². The summed E-state index contributed by atoms with van der Waals surface area (Å²) in [4.78, 5) is 39.1. The van der Waals surface area contributed by atoms with Gasteiger partial charge in [0.15, 0.2) is 0 Å². The van der Waals surface area contributed by atoms with Gasteiger partial charge in [-0.2, -0.15) is 0 Å². The molecule has 0 bridgehead atoms. The Hall–Kier alpha value is -3.88. The monoisotopic (exact) mass is 483 g/mol. The van der Waals surface area contributed by atoms with E-state index >= 15 is 0 Å². The summed E-state index contributed by atoms with van der Waals surface area (Å²) in [6, 6.07) is 10.0. The summed E-state index contributed by atoms with van der Waals surface area (Å²) in [6.07, 6.45) is 7.16. The minimum Gasteiger partial charge on any atom is -0.497 e. The van der Waals surface area contributed by atoms with Gasteiger partial charge in [0.05, 0.1) is 13.0 Å². The van der Waals surface area contributed by atoms with Gasteiger partial charge in [0.25, 0.3) is 0 Å². The third-order valence-electron chi connectivity index (χ3n) is 5.59. The number of nitrogens with one attached hydrogen (secondary N) is 1. The second-order valence-corrected chi connectivity index (χ2v) is 8.25. The number of alkyl carbamates (subject to hydrolysis) is 1. The number of Topliss-reactive ketones (excluding diaryl/α,β-unsaturated/α-hetero) is 1. The Morgan fingerprint density at radius 1 is 1.11 bits per heavy atom. The first-order chi connectivity index (χ1) is 16.7. The summed E-state index contributed by atoms with van der Waals surface area (Å²) in [5.41, 5.74) is 7.03. The van der Waals surface area contributed by atoms with Gasteiger partial charge in [0, 0.05) is 29.2 Å². The molecule has 1 saturated carbocycles. The fourth-order valence-electron chi connectivity index (χ4n) is 3.55. The molecule has 0 spiro atoms. The molecule has 35 heavy (non-hydrogen) atoms. The summed E-state index contributed by atoms with van der Waals surface area (Å²) < 4.78 is 10.4. The van der Waals surface area contributed by atoms with Crippen molar-refractivity contribution in [3.8, 4) is 5.75 Å². The van der Waals surface area contributed by atoms with Crippen LogP contribution in [0.1, 0.15) is 68.0 Å². The van der Waals surface area contributed by atoms with Crippen LogP contribution in [-0.2, 0) is 9.53 Å². The molecule has 1 amide bonds. The second-order valence-electron chi connectivity index (χ2n) is 8.25. The lowest BCUT2D eigenvalue weighted by Crippen LogP contribution is -2.31. The van der Waals surface area contributed by atoms with E-state index in [0.29, 0.717) is 11.3 Å². The maximum absolute atomic E-state index is 12.6. The molecular weight excluding hydrogens is 450 g/mol. The van der Waals surface area contributed by atoms with Gasteiger partial charge in [-0.15, -0.1) is 0 Å². The summed E-state index contributed by atoms with van der Waals surface area (Å²) in [5, 5.41) is 11.0. The molecule has 1 unspecified atom stereocenters. The Labute approximate surface area is 205 Å². The van der Waals surface area contributed by atoms with Crippen molar-refractivity contribution in [2.45, 2.75) is 52.1 Å². The van der Waals surface area contributed by atoms with Crippen molar-refractivity contribution in [2.24, 2.45) is 11.7 Å². The molecule has 1 aliphatic rings. The molecule has 1 heterocycles. The molecule has 0 saturated heterocycles. The van der Waals surface area contributed by atoms with Crippen LogP contribution in [0.25, 0.3) is 0 Å². The van der Waals surface area contributed by atoms with Crippen molar-refractivity contribution in [2.75, 3.05) is 7.11 Å². The highest BCUT2D eigenvalue weighted by Crippen LogP contribution is 2.23. The zero-order valence-corrected chi connectivity index (χ0v) is 20.3. The number of carboxylic acid groups (broad SMARTS) is 1. The molecule has 1 aliphatic carbocycles. The van der Waals surface area contributed by atoms with Gasteiger partial charge in [-0.25, -0.2) is 4.79 Å². The zero-order chi connectivity index (χ0) is 25.8. The van der Waals surface area contributed by atoms with Crippen molar-refractivity contribution >= 4 is 17.8 Å². The van der Waals surface area contributed by atoms with Crippen molar-refractivity contribution in [1.29, 1.82) is 0 Å². The number of methoxy groups -OCH3 is 1. The summed E-state index contributed by atoms with van der Waals surface area (Å²) in [7, 11) is 1.53. The number of hydrogen-bond acceptors (Lipinski definition) is 7. The normalized spacial score (nSPS) is 14.9. The number of aliphatic carboxylic acids is 1. The Morgan fingerprint density at radius 3 is 2.26 bits per heavy atom. The number of benzene rings is 1. The topological polar surface area (TPSA) is 141 Å². The molecule has 0 aliphatic heterocycles. The first kappa shape index (κ1) is 27.4. The quantitative estimate of drug-likeness (QED) is 0.383. The van der Waals surface area contributed by atoms with E-state index in [4.69, 9.17) is 20.3 Å². The summed E-state index contributed by atoms with van der Waals surface area (Å²) in [5.74, 6) is -0.429. The molecular formula is C26H33N3O6. The Balaban J connectivity index is 0.000000402. The van der Waals surface area contributed by atoms with E-state index in [9.17, 15) is 14.4 Å². The number of aromatic nitrogens is 1. The van der Waals surface area contributed by atoms with Gasteiger partial charge in [-0.05, 0) is 57.0 Å². The zero-order valence-electron chi connectivity index (χ0n) is 20.3. The molecule has 188 valence electrons. The van der Waals surface area contributed by atoms with Crippen LogP contribution in [0.15, 0.2) is 60.2 Å². The molecule has 9 nitrogen and oxygen atoms in total. The third-order valence-corrected chi connectivity index (χ3v) is 5.59. The highest BCUT2D eigenvalue weighted by Gasteiger charge is 2.20. The van der Waals surface area contributed by atoms with Crippen molar-refractivity contribution in [1.82, 2.24) is 10.3 Å².